The summed E-state index contributed by atoms with van der Waals surface area (Å²) in [6.45, 7) is 6.25. The average Bonchev–Trinajstić information content (AvgIpc) is 2.29. The third-order valence-electron chi connectivity index (χ3n) is 3.16. The van der Waals surface area contributed by atoms with Crippen LogP contribution in [0.4, 0.5) is 11.5 Å². The predicted octanol–water partition coefficient (Wildman–Crippen LogP) is 0.594. The number of nitrogens with one attached hydrogen (secondary N) is 2. The van der Waals surface area contributed by atoms with Gasteiger partial charge in [-0.15, -0.1) is 0 Å². The number of nitrogens with zero attached hydrogens (tertiary/aromatic N) is 2. The third-order valence-corrected chi connectivity index (χ3v) is 3.16. The minimum atomic E-state index is 0.556. The van der Waals surface area contributed by atoms with E-state index in [1.165, 1.54) is 5.69 Å². The fourth-order valence-corrected chi connectivity index (χ4v) is 2.35. The van der Waals surface area contributed by atoms with Crippen LogP contribution < -0.4 is 15.5 Å². The molecular formula is C11H16N4. The molecule has 3 heterocycles. The second kappa shape index (κ2) is 3.38. The number of hydrogen-bond donors (Lipinski definition) is 2. The van der Waals surface area contributed by atoms with Crippen molar-refractivity contribution in [2.24, 2.45) is 0 Å². The molecule has 0 aliphatic carbocycles. The number of fused-ring (bicyclic) bond motifs is 3. The lowest BCUT2D eigenvalue weighted by Crippen LogP contribution is -2.56. The molecule has 2 aliphatic heterocycles. The maximum atomic E-state index is 4.63. The first-order valence-electron chi connectivity index (χ1n) is 5.53. The Labute approximate surface area is 89.7 Å². The zero-order valence-corrected chi connectivity index (χ0v) is 8.95. The van der Waals surface area contributed by atoms with Gasteiger partial charge in [-0.2, -0.15) is 0 Å². The Balaban J connectivity index is 2.01. The standard InChI is InChI=1S/C11H16N4/c1-8-2-3-10-11(14-8)15-5-4-12-6-9(15)7-13-10/h2-3,9,12-13H,4-7H2,1H3. The topological polar surface area (TPSA) is 40.2 Å². The molecule has 1 aromatic rings. The first kappa shape index (κ1) is 8.97. The van der Waals surface area contributed by atoms with Crippen LogP contribution in [0.25, 0.3) is 0 Å². The van der Waals surface area contributed by atoms with E-state index in [2.05, 4.69) is 32.7 Å². The van der Waals surface area contributed by atoms with Crippen molar-refractivity contribution >= 4 is 11.5 Å². The average molecular weight is 204 g/mol. The number of aryl methyl sites for hydroxylation is 1. The number of anilines is 2. The summed E-state index contributed by atoms with van der Waals surface area (Å²) in [5.41, 5.74) is 2.27. The maximum Gasteiger partial charge on any atom is 0.152 e. The Bertz CT molecular complexity index is 377. The Hall–Kier alpha value is -1.29. The fourth-order valence-electron chi connectivity index (χ4n) is 2.35. The zero-order chi connectivity index (χ0) is 10.3. The van der Waals surface area contributed by atoms with Gasteiger partial charge in [0.2, 0.25) is 0 Å². The minimum absolute atomic E-state index is 0.556. The molecule has 1 atom stereocenters. The van der Waals surface area contributed by atoms with E-state index in [0.717, 1.165) is 37.7 Å². The Kier molecular flexibility index (Phi) is 2.02. The molecule has 0 spiro atoms. The van der Waals surface area contributed by atoms with Crippen molar-refractivity contribution in [2.75, 3.05) is 36.4 Å². The van der Waals surface area contributed by atoms with Gasteiger partial charge >= 0.3 is 0 Å². The van der Waals surface area contributed by atoms with Crippen LogP contribution in [0.5, 0.6) is 0 Å². The van der Waals surface area contributed by atoms with Crippen molar-refractivity contribution in [1.29, 1.82) is 0 Å². The highest BCUT2D eigenvalue weighted by Crippen LogP contribution is 2.29. The molecular weight excluding hydrogens is 188 g/mol. The molecule has 1 fully saturated rings. The van der Waals surface area contributed by atoms with Crippen LogP contribution in [0.2, 0.25) is 0 Å². The number of piperazine rings is 1. The van der Waals surface area contributed by atoms with Crippen LogP contribution in [0.1, 0.15) is 5.69 Å². The summed E-state index contributed by atoms with van der Waals surface area (Å²) in [7, 11) is 0. The number of hydrogen-bond acceptors (Lipinski definition) is 4. The molecule has 1 saturated heterocycles. The van der Waals surface area contributed by atoms with Crippen LogP contribution in [0, 0.1) is 6.92 Å². The lowest BCUT2D eigenvalue weighted by molar-refractivity contribution is 0.478. The summed E-state index contributed by atoms with van der Waals surface area (Å²) >= 11 is 0. The lowest BCUT2D eigenvalue weighted by Gasteiger charge is -2.41. The van der Waals surface area contributed by atoms with Gasteiger partial charge in [-0.3, -0.25) is 0 Å². The molecule has 3 rings (SSSR count). The quantitative estimate of drug-likeness (QED) is 0.649. The van der Waals surface area contributed by atoms with E-state index in [9.17, 15) is 0 Å². The predicted molar refractivity (Wildman–Crippen MR) is 61.5 cm³/mol. The van der Waals surface area contributed by atoms with Crippen LogP contribution in [-0.2, 0) is 0 Å². The van der Waals surface area contributed by atoms with E-state index in [1.807, 2.05) is 6.92 Å². The van der Waals surface area contributed by atoms with Crippen molar-refractivity contribution in [3.63, 3.8) is 0 Å². The van der Waals surface area contributed by atoms with Gasteiger partial charge in [0.15, 0.2) is 5.82 Å². The van der Waals surface area contributed by atoms with Gasteiger partial charge in [0, 0.05) is 31.9 Å². The molecule has 1 unspecified atom stereocenters. The van der Waals surface area contributed by atoms with E-state index >= 15 is 0 Å². The van der Waals surface area contributed by atoms with E-state index in [4.69, 9.17) is 0 Å². The number of rotatable bonds is 0. The Morgan fingerprint density at radius 3 is 3.27 bits per heavy atom. The highest BCUT2D eigenvalue weighted by Gasteiger charge is 2.28. The lowest BCUT2D eigenvalue weighted by atomic mass is 10.1. The fraction of sp³-hybridized carbons (Fsp3) is 0.545. The molecule has 4 nitrogen and oxygen atoms in total. The highest BCUT2D eigenvalue weighted by atomic mass is 15.3. The summed E-state index contributed by atoms with van der Waals surface area (Å²) in [4.78, 5) is 7.06. The molecule has 0 aromatic carbocycles. The minimum Gasteiger partial charge on any atom is -0.380 e. The van der Waals surface area contributed by atoms with Crippen molar-refractivity contribution < 1.29 is 0 Å². The van der Waals surface area contributed by atoms with Gasteiger partial charge in [-0.25, -0.2) is 4.98 Å². The van der Waals surface area contributed by atoms with Gasteiger partial charge in [-0.05, 0) is 19.1 Å². The highest BCUT2D eigenvalue weighted by molar-refractivity contribution is 5.69. The second-order valence-corrected chi connectivity index (χ2v) is 4.26. The van der Waals surface area contributed by atoms with Gasteiger partial charge in [0.1, 0.15) is 0 Å². The molecule has 2 aliphatic rings. The van der Waals surface area contributed by atoms with Crippen molar-refractivity contribution in [3.05, 3.63) is 17.8 Å². The number of pyridine rings is 1. The zero-order valence-electron chi connectivity index (χ0n) is 8.95. The van der Waals surface area contributed by atoms with Crippen molar-refractivity contribution in [1.82, 2.24) is 10.3 Å². The summed E-state index contributed by atoms with van der Waals surface area (Å²) in [5.74, 6) is 1.13. The van der Waals surface area contributed by atoms with Gasteiger partial charge in [0.05, 0.1) is 11.7 Å². The largest absolute Gasteiger partial charge is 0.380 e. The van der Waals surface area contributed by atoms with Crippen LogP contribution in [0.15, 0.2) is 12.1 Å². The van der Waals surface area contributed by atoms with Crippen LogP contribution in [-0.4, -0.2) is 37.2 Å². The molecule has 0 amide bonds. The molecule has 15 heavy (non-hydrogen) atoms. The number of aromatic nitrogens is 1. The SMILES string of the molecule is Cc1ccc2c(n1)N1CCNCC1CN2. The van der Waals surface area contributed by atoms with Crippen molar-refractivity contribution in [3.8, 4) is 0 Å². The van der Waals surface area contributed by atoms with E-state index in [0.29, 0.717) is 6.04 Å². The smallest absolute Gasteiger partial charge is 0.152 e. The molecule has 80 valence electrons. The maximum absolute atomic E-state index is 4.63. The summed E-state index contributed by atoms with van der Waals surface area (Å²) in [6.07, 6.45) is 0. The Morgan fingerprint density at radius 1 is 1.40 bits per heavy atom. The van der Waals surface area contributed by atoms with Crippen LogP contribution in [0.3, 0.4) is 0 Å². The van der Waals surface area contributed by atoms with Gasteiger partial charge < -0.3 is 15.5 Å². The molecule has 1 aromatic heterocycles. The third kappa shape index (κ3) is 1.45. The first-order valence-corrected chi connectivity index (χ1v) is 5.53. The molecule has 4 heteroatoms. The van der Waals surface area contributed by atoms with E-state index < -0.39 is 0 Å². The summed E-state index contributed by atoms with van der Waals surface area (Å²) < 4.78 is 0. The summed E-state index contributed by atoms with van der Waals surface area (Å²) in [5, 5.41) is 6.86. The summed E-state index contributed by atoms with van der Waals surface area (Å²) in [6, 6.07) is 4.75. The second-order valence-electron chi connectivity index (χ2n) is 4.26. The first-order chi connectivity index (χ1) is 7.34. The monoisotopic (exact) mass is 204 g/mol. The van der Waals surface area contributed by atoms with Crippen molar-refractivity contribution in [2.45, 2.75) is 13.0 Å². The van der Waals surface area contributed by atoms with E-state index in [1.54, 1.807) is 0 Å². The van der Waals surface area contributed by atoms with Crippen LogP contribution >= 0.6 is 0 Å². The normalized spacial score (nSPS) is 24.1. The molecule has 2 N–H and O–H groups in total. The van der Waals surface area contributed by atoms with E-state index in [-0.39, 0.29) is 0 Å². The van der Waals surface area contributed by atoms with Gasteiger partial charge in [-0.1, -0.05) is 0 Å². The molecule has 0 bridgehead atoms. The Morgan fingerprint density at radius 2 is 2.33 bits per heavy atom. The van der Waals surface area contributed by atoms with Gasteiger partial charge in [0.25, 0.3) is 0 Å². The molecule has 0 saturated carbocycles. The molecule has 0 radical (unpaired) electrons.